The summed E-state index contributed by atoms with van der Waals surface area (Å²) < 4.78 is 26.8. The van der Waals surface area contributed by atoms with Gasteiger partial charge in [0.05, 0.1) is 5.75 Å². The van der Waals surface area contributed by atoms with Crippen molar-refractivity contribution in [1.29, 1.82) is 5.26 Å². The first kappa shape index (κ1) is 18.6. The van der Waals surface area contributed by atoms with Crippen molar-refractivity contribution in [2.24, 2.45) is 0 Å². The van der Waals surface area contributed by atoms with E-state index in [0.29, 0.717) is 54.1 Å². The summed E-state index contributed by atoms with van der Waals surface area (Å²) in [5.41, 5.74) is 1.61. The summed E-state index contributed by atoms with van der Waals surface area (Å²) in [6.07, 6.45) is 0. The minimum absolute atomic E-state index is 0.119. The van der Waals surface area contributed by atoms with E-state index >= 15 is 0 Å². The van der Waals surface area contributed by atoms with Crippen LogP contribution in [-0.2, 0) is 15.8 Å². The number of piperazine rings is 1. The third-order valence-corrected chi connectivity index (χ3v) is 6.36. The average molecular weight is 392 g/mol. The number of halogens is 1. The number of aryl methyl sites for hydroxylation is 1. The Morgan fingerprint density at radius 1 is 1.19 bits per heavy atom. The molecule has 1 aromatic carbocycles. The molecule has 1 fully saturated rings. The fourth-order valence-corrected chi connectivity index (χ4v) is 4.65. The van der Waals surface area contributed by atoms with Crippen molar-refractivity contribution < 1.29 is 8.42 Å². The summed E-state index contributed by atoms with van der Waals surface area (Å²) in [5.74, 6) is 0.344. The predicted octanol–water partition coefficient (Wildman–Crippen LogP) is 1.96. The smallest absolute Gasteiger partial charge is 0.226 e. The summed E-state index contributed by atoms with van der Waals surface area (Å²) in [7, 11) is -3.46. The summed E-state index contributed by atoms with van der Waals surface area (Å²) in [6, 6.07) is 10.6. The van der Waals surface area contributed by atoms with Crippen molar-refractivity contribution in [1.82, 2.24) is 14.3 Å². The van der Waals surface area contributed by atoms with Gasteiger partial charge in [-0.1, -0.05) is 29.8 Å². The summed E-state index contributed by atoms with van der Waals surface area (Å²) >= 11 is 6.08. The van der Waals surface area contributed by atoms with E-state index in [1.165, 1.54) is 4.31 Å². The van der Waals surface area contributed by atoms with Gasteiger partial charge in [0.25, 0.3) is 0 Å². The van der Waals surface area contributed by atoms with Crippen molar-refractivity contribution in [3.05, 3.63) is 52.3 Å². The van der Waals surface area contributed by atoms with E-state index < -0.39 is 10.0 Å². The molecule has 9 heteroatoms. The van der Waals surface area contributed by atoms with Gasteiger partial charge in [-0.05, 0) is 24.6 Å². The molecule has 1 aliphatic heterocycles. The number of sulfonamides is 1. The van der Waals surface area contributed by atoms with Crippen LogP contribution in [0.1, 0.15) is 17.0 Å². The van der Waals surface area contributed by atoms with Gasteiger partial charge in [0.15, 0.2) is 0 Å². The Labute approximate surface area is 157 Å². The standard InChI is InChI=1S/C17H18ClN5O2S/c1-13-10-15(11-19)21-17(20-13)22-6-8-23(9-7-22)26(24,25)12-14-4-2-3-5-16(14)18/h2-5,10H,6-9,12H2,1H3. The molecule has 0 saturated carbocycles. The van der Waals surface area contributed by atoms with Gasteiger partial charge in [-0.2, -0.15) is 9.57 Å². The first-order valence-corrected chi connectivity index (χ1v) is 10.1. The predicted molar refractivity (Wildman–Crippen MR) is 99.3 cm³/mol. The molecular formula is C17H18ClN5O2S. The van der Waals surface area contributed by atoms with Crippen LogP contribution in [0.25, 0.3) is 0 Å². The fraction of sp³-hybridized carbons (Fsp3) is 0.353. The number of aromatic nitrogens is 2. The molecule has 7 nitrogen and oxygen atoms in total. The first-order valence-electron chi connectivity index (χ1n) is 8.11. The molecule has 0 unspecified atom stereocenters. The van der Waals surface area contributed by atoms with Crippen LogP contribution in [0, 0.1) is 18.3 Å². The van der Waals surface area contributed by atoms with E-state index in [1.54, 1.807) is 37.3 Å². The summed E-state index contributed by atoms with van der Waals surface area (Å²) in [5, 5.41) is 9.49. The van der Waals surface area contributed by atoms with Crippen LogP contribution in [0.15, 0.2) is 30.3 Å². The number of nitriles is 1. The molecule has 0 amide bonds. The van der Waals surface area contributed by atoms with Crippen LogP contribution in [0.4, 0.5) is 5.95 Å². The maximum absolute atomic E-state index is 12.7. The van der Waals surface area contributed by atoms with Crippen LogP contribution in [0.3, 0.4) is 0 Å². The number of hydrogen-bond donors (Lipinski definition) is 0. The molecule has 136 valence electrons. The number of anilines is 1. The molecule has 1 saturated heterocycles. The number of hydrogen-bond acceptors (Lipinski definition) is 6. The van der Waals surface area contributed by atoms with Gasteiger partial charge in [-0.3, -0.25) is 0 Å². The summed E-state index contributed by atoms with van der Waals surface area (Å²) in [6.45, 7) is 3.42. The fourth-order valence-electron chi connectivity index (χ4n) is 2.82. The lowest BCUT2D eigenvalue weighted by Crippen LogP contribution is -2.49. The van der Waals surface area contributed by atoms with Gasteiger partial charge in [-0.15, -0.1) is 0 Å². The highest BCUT2D eigenvalue weighted by atomic mass is 35.5. The third kappa shape index (κ3) is 4.12. The molecule has 26 heavy (non-hydrogen) atoms. The van der Waals surface area contributed by atoms with Crippen molar-refractivity contribution in [2.45, 2.75) is 12.7 Å². The Hall–Kier alpha value is -2.21. The highest BCUT2D eigenvalue weighted by Gasteiger charge is 2.28. The molecular weight excluding hydrogens is 374 g/mol. The molecule has 3 rings (SSSR count). The SMILES string of the molecule is Cc1cc(C#N)nc(N2CCN(S(=O)(=O)Cc3ccccc3Cl)CC2)n1. The van der Waals surface area contributed by atoms with Gasteiger partial charge in [-0.25, -0.2) is 18.4 Å². The minimum atomic E-state index is -3.46. The van der Waals surface area contributed by atoms with E-state index in [0.717, 1.165) is 0 Å². The van der Waals surface area contributed by atoms with Crippen molar-refractivity contribution in [3.63, 3.8) is 0 Å². The molecule has 1 aromatic heterocycles. The van der Waals surface area contributed by atoms with Gasteiger partial charge >= 0.3 is 0 Å². The largest absolute Gasteiger partial charge is 0.338 e. The molecule has 2 aromatic rings. The van der Waals surface area contributed by atoms with Gasteiger partial charge < -0.3 is 4.90 Å². The van der Waals surface area contributed by atoms with Gasteiger partial charge in [0.2, 0.25) is 16.0 Å². The van der Waals surface area contributed by atoms with Gasteiger partial charge in [0, 0.05) is 36.9 Å². The Kier molecular flexibility index (Phi) is 5.41. The van der Waals surface area contributed by atoms with Crippen LogP contribution in [0.5, 0.6) is 0 Å². The minimum Gasteiger partial charge on any atom is -0.338 e. The first-order chi connectivity index (χ1) is 12.4. The quantitative estimate of drug-likeness (QED) is 0.791. The lowest BCUT2D eigenvalue weighted by atomic mass is 10.2. The Bertz CT molecular complexity index is 950. The van der Waals surface area contributed by atoms with Crippen LogP contribution in [-0.4, -0.2) is 48.9 Å². The molecule has 0 spiro atoms. The zero-order valence-electron chi connectivity index (χ0n) is 14.3. The average Bonchev–Trinajstić information content (AvgIpc) is 2.63. The van der Waals surface area contributed by atoms with Crippen LogP contribution < -0.4 is 4.90 Å². The molecule has 0 radical (unpaired) electrons. The Morgan fingerprint density at radius 3 is 2.54 bits per heavy atom. The monoisotopic (exact) mass is 391 g/mol. The number of benzene rings is 1. The molecule has 1 aliphatic rings. The highest BCUT2D eigenvalue weighted by Crippen LogP contribution is 2.21. The highest BCUT2D eigenvalue weighted by molar-refractivity contribution is 7.88. The van der Waals surface area contributed by atoms with E-state index in [4.69, 9.17) is 16.9 Å². The molecule has 0 bridgehead atoms. The normalized spacial score (nSPS) is 15.7. The Morgan fingerprint density at radius 2 is 1.88 bits per heavy atom. The zero-order valence-corrected chi connectivity index (χ0v) is 15.8. The van der Waals surface area contributed by atoms with E-state index in [2.05, 4.69) is 9.97 Å². The molecule has 2 heterocycles. The molecule has 0 atom stereocenters. The number of rotatable bonds is 4. The van der Waals surface area contributed by atoms with Crippen molar-refractivity contribution in [2.75, 3.05) is 31.1 Å². The molecule has 0 N–H and O–H groups in total. The third-order valence-electron chi connectivity index (χ3n) is 4.17. The Balaban J connectivity index is 1.69. The van der Waals surface area contributed by atoms with Crippen molar-refractivity contribution in [3.8, 4) is 6.07 Å². The van der Waals surface area contributed by atoms with Gasteiger partial charge in [0.1, 0.15) is 11.8 Å². The maximum atomic E-state index is 12.7. The second-order valence-corrected chi connectivity index (χ2v) is 8.42. The second kappa shape index (κ2) is 7.58. The lowest BCUT2D eigenvalue weighted by Gasteiger charge is -2.34. The van der Waals surface area contributed by atoms with Crippen molar-refractivity contribution >= 4 is 27.6 Å². The van der Waals surface area contributed by atoms with E-state index in [1.807, 2.05) is 11.0 Å². The zero-order chi connectivity index (χ0) is 18.7. The van der Waals surface area contributed by atoms with Crippen LogP contribution in [0.2, 0.25) is 5.02 Å². The van der Waals surface area contributed by atoms with E-state index in [-0.39, 0.29) is 5.75 Å². The number of nitrogens with zero attached hydrogens (tertiary/aromatic N) is 5. The lowest BCUT2D eigenvalue weighted by molar-refractivity contribution is 0.382. The van der Waals surface area contributed by atoms with Crippen LogP contribution >= 0.6 is 11.6 Å². The molecule has 0 aliphatic carbocycles. The van der Waals surface area contributed by atoms with E-state index in [9.17, 15) is 8.42 Å². The summed E-state index contributed by atoms with van der Waals surface area (Å²) in [4.78, 5) is 10.5. The second-order valence-electron chi connectivity index (χ2n) is 6.04. The maximum Gasteiger partial charge on any atom is 0.226 e. The topological polar surface area (TPSA) is 90.2 Å².